The molecule has 1 fully saturated rings. The minimum atomic E-state index is 0.0372. The molecule has 5 nitrogen and oxygen atoms in total. The number of hydrogen-bond donors (Lipinski definition) is 1. The second-order valence-corrected chi connectivity index (χ2v) is 8.81. The first-order valence-electron chi connectivity index (χ1n) is 9.28. The lowest BCUT2D eigenvalue weighted by molar-refractivity contribution is 0.111. The second kappa shape index (κ2) is 6.67. The van der Waals surface area contributed by atoms with E-state index in [9.17, 15) is 5.11 Å². The highest BCUT2D eigenvalue weighted by Gasteiger charge is 2.34. The number of nitrogens with zero attached hydrogens (tertiary/aromatic N) is 4. The average Bonchev–Trinajstić information content (AvgIpc) is 3.07. The largest absolute Gasteiger partial charge is 0.492 e. The van der Waals surface area contributed by atoms with Gasteiger partial charge in [0.2, 0.25) is 10.8 Å². The first-order valence-corrected chi connectivity index (χ1v) is 10.1. The van der Waals surface area contributed by atoms with Crippen LogP contribution in [0.5, 0.6) is 5.88 Å². The molecule has 0 bridgehead atoms. The molecule has 4 rings (SSSR count). The third kappa shape index (κ3) is 3.01. The third-order valence-electron chi connectivity index (χ3n) is 5.30. The van der Waals surface area contributed by atoms with Crippen molar-refractivity contribution in [3.8, 4) is 5.88 Å². The van der Waals surface area contributed by atoms with Gasteiger partial charge in [-0.2, -0.15) is 4.52 Å². The number of benzene rings is 1. The molecule has 1 aliphatic rings. The molecule has 1 aliphatic heterocycles. The number of aryl methyl sites for hydroxylation is 2. The maximum atomic E-state index is 10.9. The highest BCUT2D eigenvalue weighted by atomic mass is 32.1. The Morgan fingerprint density at radius 2 is 1.85 bits per heavy atom. The molecule has 0 aliphatic carbocycles. The molecule has 3 heterocycles. The van der Waals surface area contributed by atoms with Gasteiger partial charge in [-0.25, -0.2) is 4.98 Å². The zero-order chi connectivity index (χ0) is 18.4. The number of fused-ring (bicyclic) bond motifs is 1. The Balaban J connectivity index is 1.85. The van der Waals surface area contributed by atoms with Crippen molar-refractivity contribution in [2.45, 2.75) is 40.2 Å². The lowest BCUT2D eigenvalue weighted by atomic mass is 9.88. The van der Waals surface area contributed by atoms with Crippen LogP contribution in [0.25, 0.3) is 4.96 Å². The molecule has 1 N–H and O–H groups in total. The summed E-state index contributed by atoms with van der Waals surface area (Å²) >= 11 is 1.55. The number of aromatic hydroxyl groups is 1. The van der Waals surface area contributed by atoms with Gasteiger partial charge in [0.1, 0.15) is 5.82 Å². The molecule has 1 saturated heterocycles. The molecule has 0 unspecified atom stereocenters. The van der Waals surface area contributed by atoms with Crippen molar-refractivity contribution in [2.75, 3.05) is 13.1 Å². The molecule has 0 amide bonds. The predicted molar refractivity (Wildman–Crippen MR) is 105 cm³/mol. The van der Waals surface area contributed by atoms with Crippen LogP contribution in [0, 0.1) is 25.7 Å². The summed E-state index contributed by atoms with van der Waals surface area (Å²) in [5, 5.41) is 15.3. The minimum Gasteiger partial charge on any atom is -0.492 e. The van der Waals surface area contributed by atoms with E-state index in [4.69, 9.17) is 0 Å². The zero-order valence-corrected chi connectivity index (χ0v) is 16.6. The van der Waals surface area contributed by atoms with Gasteiger partial charge < -0.3 is 5.11 Å². The Morgan fingerprint density at radius 3 is 2.50 bits per heavy atom. The van der Waals surface area contributed by atoms with E-state index in [0.29, 0.717) is 17.7 Å². The topological polar surface area (TPSA) is 53.7 Å². The zero-order valence-electron chi connectivity index (χ0n) is 15.8. The van der Waals surface area contributed by atoms with Gasteiger partial charge in [0.15, 0.2) is 0 Å². The van der Waals surface area contributed by atoms with E-state index in [-0.39, 0.29) is 11.9 Å². The molecule has 0 radical (unpaired) electrons. The van der Waals surface area contributed by atoms with Gasteiger partial charge >= 0.3 is 0 Å². The standard InChI is InChI=1S/C20H26N4OS/c1-12-9-13(2)11-23(10-12)17(16-8-6-5-7-14(16)3)18-19(25)24-20(26-18)21-15(4)22-24/h5-8,12-13,17,25H,9-11H2,1-4H3/t12-,13-,17-/m0/s1. The van der Waals surface area contributed by atoms with Crippen LogP contribution in [0.3, 0.4) is 0 Å². The highest BCUT2D eigenvalue weighted by molar-refractivity contribution is 7.17. The minimum absolute atomic E-state index is 0.0372. The maximum absolute atomic E-state index is 10.9. The lowest BCUT2D eigenvalue weighted by Crippen LogP contribution is -2.41. The number of thiazole rings is 1. The highest BCUT2D eigenvalue weighted by Crippen LogP contribution is 2.42. The van der Waals surface area contributed by atoms with E-state index in [1.165, 1.54) is 17.5 Å². The van der Waals surface area contributed by atoms with Gasteiger partial charge in [0.25, 0.3) is 0 Å². The van der Waals surface area contributed by atoms with Crippen LogP contribution in [0.2, 0.25) is 0 Å². The van der Waals surface area contributed by atoms with Crippen molar-refractivity contribution in [1.82, 2.24) is 19.5 Å². The van der Waals surface area contributed by atoms with Gasteiger partial charge in [-0.15, -0.1) is 5.10 Å². The molecular weight excluding hydrogens is 344 g/mol. The van der Waals surface area contributed by atoms with Crippen molar-refractivity contribution >= 4 is 16.3 Å². The number of hydrogen-bond acceptors (Lipinski definition) is 5. The fraction of sp³-hybridized carbons (Fsp3) is 0.500. The van der Waals surface area contributed by atoms with Crippen molar-refractivity contribution in [3.63, 3.8) is 0 Å². The Labute approximate surface area is 158 Å². The summed E-state index contributed by atoms with van der Waals surface area (Å²) in [4.78, 5) is 8.68. The summed E-state index contributed by atoms with van der Waals surface area (Å²) < 4.78 is 1.58. The lowest BCUT2D eigenvalue weighted by Gasteiger charge is -2.40. The summed E-state index contributed by atoms with van der Waals surface area (Å²) in [6.07, 6.45) is 1.26. The summed E-state index contributed by atoms with van der Waals surface area (Å²) in [6, 6.07) is 8.53. The molecular formula is C20H26N4OS. The first kappa shape index (κ1) is 17.5. The summed E-state index contributed by atoms with van der Waals surface area (Å²) in [6.45, 7) is 10.7. The van der Waals surface area contributed by atoms with E-state index in [1.807, 2.05) is 6.92 Å². The fourth-order valence-corrected chi connectivity index (χ4v) is 5.50. The van der Waals surface area contributed by atoms with Gasteiger partial charge in [0, 0.05) is 13.1 Å². The Hall–Kier alpha value is -1.92. The second-order valence-electron chi connectivity index (χ2n) is 7.80. The molecule has 1 aromatic carbocycles. The summed E-state index contributed by atoms with van der Waals surface area (Å²) in [5.74, 6) is 2.21. The predicted octanol–water partition coefficient (Wildman–Crippen LogP) is 4.18. The van der Waals surface area contributed by atoms with Crippen LogP contribution in [-0.4, -0.2) is 37.7 Å². The van der Waals surface area contributed by atoms with Crippen LogP contribution >= 0.6 is 11.3 Å². The van der Waals surface area contributed by atoms with Crippen molar-refractivity contribution in [1.29, 1.82) is 0 Å². The van der Waals surface area contributed by atoms with E-state index >= 15 is 0 Å². The van der Waals surface area contributed by atoms with E-state index in [1.54, 1.807) is 15.9 Å². The average molecular weight is 371 g/mol. The van der Waals surface area contributed by atoms with Crippen LogP contribution in [0.4, 0.5) is 0 Å². The quantitative estimate of drug-likeness (QED) is 0.751. The molecule has 0 saturated carbocycles. The third-order valence-corrected chi connectivity index (χ3v) is 6.37. The molecule has 3 atom stereocenters. The van der Waals surface area contributed by atoms with Gasteiger partial charge in [-0.1, -0.05) is 49.4 Å². The van der Waals surface area contributed by atoms with E-state index < -0.39 is 0 Å². The molecule has 138 valence electrons. The monoisotopic (exact) mass is 370 g/mol. The van der Waals surface area contributed by atoms with Crippen molar-refractivity contribution < 1.29 is 5.11 Å². The fourth-order valence-electron chi connectivity index (χ4n) is 4.35. The van der Waals surface area contributed by atoms with E-state index in [0.717, 1.165) is 22.9 Å². The summed E-state index contributed by atoms with van der Waals surface area (Å²) in [5.41, 5.74) is 2.50. The SMILES string of the molecule is Cc1nc2sc([C@H](c3ccccc3C)N3C[C@@H](C)C[C@H](C)C3)c(O)n2n1. The van der Waals surface area contributed by atoms with Crippen LogP contribution in [0.15, 0.2) is 24.3 Å². The number of rotatable bonds is 3. The van der Waals surface area contributed by atoms with Crippen LogP contribution < -0.4 is 0 Å². The van der Waals surface area contributed by atoms with Crippen LogP contribution in [-0.2, 0) is 0 Å². The van der Waals surface area contributed by atoms with Gasteiger partial charge in [-0.3, -0.25) is 4.90 Å². The van der Waals surface area contributed by atoms with Crippen LogP contribution in [0.1, 0.15) is 48.1 Å². The van der Waals surface area contributed by atoms with Gasteiger partial charge in [-0.05, 0) is 43.2 Å². The molecule has 26 heavy (non-hydrogen) atoms. The number of piperidine rings is 1. The van der Waals surface area contributed by atoms with Crippen molar-refractivity contribution in [3.05, 3.63) is 46.1 Å². The molecule has 6 heteroatoms. The summed E-state index contributed by atoms with van der Waals surface area (Å²) in [7, 11) is 0. The van der Waals surface area contributed by atoms with Gasteiger partial charge in [0.05, 0.1) is 10.9 Å². The molecule has 0 spiro atoms. The maximum Gasteiger partial charge on any atom is 0.230 e. The van der Waals surface area contributed by atoms with E-state index in [2.05, 4.69) is 60.0 Å². The molecule has 3 aromatic rings. The Morgan fingerprint density at radius 1 is 1.15 bits per heavy atom. The molecule has 2 aromatic heterocycles. The number of aromatic nitrogens is 3. The number of likely N-dealkylation sites (tertiary alicyclic amines) is 1. The smallest absolute Gasteiger partial charge is 0.230 e. The van der Waals surface area contributed by atoms with Crippen molar-refractivity contribution in [2.24, 2.45) is 11.8 Å². The Kier molecular flexibility index (Phi) is 4.49. The first-order chi connectivity index (χ1) is 12.4. The Bertz CT molecular complexity index is 921. The normalized spacial score (nSPS) is 22.8.